The zero-order valence-electron chi connectivity index (χ0n) is 11.5. The minimum Gasteiger partial charge on any atom is -0.465 e. The smallest absolute Gasteiger partial charge is 0.407 e. The number of halogens is 1. The molecule has 0 aromatic rings. The van der Waals surface area contributed by atoms with Crippen LogP contribution in [-0.2, 0) is 14.3 Å². The summed E-state index contributed by atoms with van der Waals surface area (Å²) in [4.78, 5) is 12.2. The van der Waals surface area contributed by atoms with Crippen molar-refractivity contribution in [1.29, 1.82) is 0 Å². The van der Waals surface area contributed by atoms with Gasteiger partial charge in [0.05, 0.1) is 12.3 Å². The number of carboxylic acid groups (broad SMARTS) is 1. The molecule has 1 amide bonds. The molecule has 1 heterocycles. The minimum absolute atomic E-state index is 0.0209. The first kappa shape index (κ1) is 16.2. The summed E-state index contributed by atoms with van der Waals surface area (Å²) in [6, 6.07) is -0.939. The highest BCUT2D eigenvalue weighted by atomic mass is 32.2. The van der Waals surface area contributed by atoms with Gasteiger partial charge in [0.1, 0.15) is 12.3 Å². The number of amides is 1. The van der Waals surface area contributed by atoms with Crippen LogP contribution in [0.4, 0.5) is 9.18 Å². The molecular weight excluding hydrogens is 277 g/mol. The molecule has 0 saturated carbocycles. The first-order valence-corrected chi connectivity index (χ1v) is 7.77. The molecule has 1 N–H and O–H groups in total. The van der Waals surface area contributed by atoms with Crippen LogP contribution in [0.1, 0.15) is 27.2 Å². The number of likely N-dealkylation sites (tertiary alicyclic amines) is 1. The normalized spacial score (nSPS) is 29.3. The summed E-state index contributed by atoms with van der Waals surface area (Å²) in [6.45, 7) is 5.19. The van der Waals surface area contributed by atoms with E-state index in [2.05, 4.69) is 0 Å². The number of rotatable bonds is 2. The van der Waals surface area contributed by atoms with E-state index >= 15 is 0 Å². The molecule has 1 unspecified atom stereocenters. The molecule has 1 fully saturated rings. The van der Waals surface area contributed by atoms with Crippen LogP contribution in [-0.4, -0.2) is 55.6 Å². The molecular formula is C11H20FNO5S. The highest BCUT2D eigenvalue weighted by Gasteiger charge is 2.47. The molecule has 112 valence electrons. The lowest BCUT2D eigenvalue weighted by Gasteiger charge is -2.46. The first-order chi connectivity index (χ1) is 8.43. The van der Waals surface area contributed by atoms with Gasteiger partial charge in [0, 0.05) is 6.54 Å². The molecule has 0 spiro atoms. The Bertz CT molecular complexity index is 444. The topological polar surface area (TPSA) is 83.9 Å². The van der Waals surface area contributed by atoms with Gasteiger partial charge in [-0.1, -0.05) is 20.8 Å². The largest absolute Gasteiger partial charge is 0.465 e. The van der Waals surface area contributed by atoms with Crippen LogP contribution in [0.5, 0.6) is 0 Å². The van der Waals surface area contributed by atoms with Gasteiger partial charge in [-0.3, -0.25) is 4.18 Å². The van der Waals surface area contributed by atoms with Crippen molar-refractivity contribution >= 4 is 16.2 Å². The van der Waals surface area contributed by atoms with E-state index in [0.29, 0.717) is 0 Å². The molecule has 8 heteroatoms. The lowest BCUT2D eigenvalue weighted by Crippen LogP contribution is -2.60. The van der Waals surface area contributed by atoms with Gasteiger partial charge < -0.3 is 10.0 Å². The molecule has 0 radical (unpaired) electrons. The maximum atomic E-state index is 14.5. The number of piperidine rings is 1. The molecule has 1 rings (SSSR count). The van der Waals surface area contributed by atoms with Gasteiger partial charge >= 0.3 is 6.09 Å². The first-order valence-electron chi connectivity index (χ1n) is 5.95. The Hall–Kier alpha value is -0.890. The Balaban J connectivity index is 3.01. The van der Waals surface area contributed by atoms with Crippen molar-refractivity contribution in [2.75, 3.05) is 12.8 Å². The summed E-state index contributed by atoms with van der Waals surface area (Å²) in [7, 11) is -3.77. The van der Waals surface area contributed by atoms with Gasteiger partial charge in [-0.15, -0.1) is 0 Å². The Kier molecular flexibility index (Phi) is 4.46. The van der Waals surface area contributed by atoms with Gasteiger partial charge in [0.25, 0.3) is 10.1 Å². The fourth-order valence-electron chi connectivity index (χ4n) is 2.43. The minimum atomic E-state index is -3.77. The highest BCUT2D eigenvalue weighted by Crippen LogP contribution is 2.35. The second-order valence-electron chi connectivity index (χ2n) is 5.86. The van der Waals surface area contributed by atoms with Crippen LogP contribution in [0.25, 0.3) is 0 Å². The second kappa shape index (κ2) is 5.24. The molecule has 1 saturated heterocycles. The zero-order valence-corrected chi connectivity index (χ0v) is 12.3. The van der Waals surface area contributed by atoms with E-state index in [4.69, 9.17) is 9.29 Å². The van der Waals surface area contributed by atoms with E-state index in [-0.39, 0.29) is 13.0 Å². The Labute approximate surface area is 112 Å². The summed E-state index contributed by atoms with van der Waals surface area (Å²) < 4.78 is 41.4. The van der Waals surface area contributed by atoms with Gasteiger partial charge in [-0.05, 0) is 11.8 Å². The van der Waals surface area contributed by atoms with E-state index in [1.807, 2.05) is 0 Å². The molecule has 3 atom stereocenters. The molecule has 1 aliphatic rings. The third-order valence-corrected chi connectivity index (χ3v) is 3.68. The van der Waals surface area contributed by atoms with E-state index < -0.39 is 39.9 Å². The van der Waals surface area contributed by atoms with Crippen LogP contribution in [0, 0.1) is 5.41 Å². The van der Waals surface area contributed by atoms with E-state index in [0.717, 1.165) is 11.2 Å². The second-order valence-corrected chi connectivity index (χ2v) is 7.46. The van der Waals surface area contributed by atoms with E-state index in [1.54, 1.807) is 20.8 Å². The average Bonchev–Trinajstić information content (AvgIpc) is 2.16. The van der Waals surface area contributed by atoms with Crippen LogP contribution < -0.4 is 0 Å². The number of hydrogen-bond acceptors (Lipinski definition) is 4. The lowest BCUT2D eigenvalue weighted by molar-refractivity contribution is -0.0490. The van der Waals surface area contributed by atoms with Crippen molar-refractivity contribution in [1.82, 2.24) is 4.90 Å². The van der Waals surface area contributed by atoms with Gasteiger partial charge in [-0.25, -0.2) is 9.18 Å². The average molecular weight is 297 g/mol. The van der Waals surface area contributed by atoms with Crippen LogP contribution in [0.15, 0.2) is 0 Å². The summed E-state index contributed by atoms with van der Waals surface area (Å²) in [5.74, 6) is 0. The fourth-order valence-corrected chi connectivity index (χ4v) is 3.08. The molecule has 1 aliphatic heterocycles. The van der Waals surface area contributed by atoms with Crippen molar-refractivity contribution in [3.63, 3.8) is 0 Å². The molecule has 0 aromatic carbocycles. The van der Waals surface area contributed by atoms with Crippen LogP contribution in [0.2, 0.25) is 0 Å². The zero-order chi connectivity index (χ0) is 15.0. The molecule has 6 nitrogen and oxygen atoms in total. The number of nitrogens with zero attached hydrogens (tertiary/aromatic N) is 1. The predicted octanol–water partition coefficient (Wildman–Crippen LogP) is 1.47. The SMILES string of the molecule is CC(C)(C)C1[C@@H](F)[C@@H](OS(C)(=O)=O)CCN1C(=O)O. The Morgan fingerprint density at radius 1 is 1.42 bits per heavy atom. The molecule has 19 heavy (non-hydrogen) atoms. The summed E-state index contributed by atoms with van der Waals surface area (Å²) >= 11 is 0. The summed E-state index contributed by atoms with van der Waals surface area (Å²) in [6.07, 6.45) is -3.14. The fraction of sp³-hybridized carbons (Fsp3) is 0.909. The van der Waals surface area contributed by atoms with Gasteiger partial charge in [0.15, 0.2) is 0 Å². The van der Waals surface area contributed by atoms with Crippen molar-refractivity contribution in [2.24, 2.45) is 5.41 Å². The summed E-state index contributed by atoms with van der Waals surface area (Å²) in [5.41, 5.74) is -0.655. The maximum absolute atomic E-state index is 14.5. The predicted molar refractivity (Wildman–Crippen MR) is 67.2 cm³/mol. The molecule has 0 aromatic heterocycles. The number of carbonyl (C=O) groups is 1. The summed E-state index contributed by atoms with van der Waals surface area (Å²) in [5, 5.41) is 9.11. The van der Waals surface area contributed by atoms with Crippen molar-refractivity contribution in [3.05, 3.63) is 0 Å². The highest BCUT2D eigenvalue weighted by molar-refractivity contribution is 7.86. The van der Waals surface area contributed by atoms with E-state index in [9.17, 15) is 17.6 Å². The van der Waals surface area contributed by atoms with Crippen molar-refractivity contribution < 1.29 is 26.9 Å². The van der Waals surface area contributed by atoms with Crippen molar-refractivity contribution in [2.45, 2.75) is 45.5 Å². The third kappa shape index (κ3) is 4.04. The van der Waals surface area contributed by atoms with E-state index in [1.165, 1.54) is 0 Å². The number of alkyl halides is 1. The Morgan fingerprint density at radius 3 is 2.32 bits per heavy atom. The third-order valence-electron chi connectivity index (χ3n) is 3.08. The monoisotopic (exact) mass is 297 g/mol. The number of hydrogen-bond donors (Lipinski definition) is 1. The quantitative estimate of drug-likeness (QED) is 0.780. The van der Waals surface area contributed by atoms with Crippen LogP contribution >= 0.6 is 0 Å². The molecule has 0 bridgehead atoms. The van der Waals surface area contributed by atoms with Crippen LogP contribution in [0.3, 0.4) is 0 Å². The Morgan fingerprint density at radius 2 is 1.95 bits per heavy atom. The maximum Gasteiger partial charge on any atom is 0.407 e. The van der Waals surface area contributed by atoms with Gasteiger partial charge in [0.2, 0.25) is 0 Å². The lowest BCUT2D eigenvalue weighted by atomic mass is 9.79. The van der Waals surface area contributed by atoms with Crippen molar-refractivity contribution in [3.8, 4) is 0 Å². The van der Waals surface area contributed by atoms with Gasteiger partial charge in [-0.2, -0.15) is 8.42 Å². The molecule has 0 aliphatic carbocycles. The standard InChI is InChI=1S/C11H20FNO5S/c1-11(2,3)9-8(12)7(18-19(4,16)17)5-6-13(9)10(14)15/h7-9H,5-6H2,1-4H3,(H,14,15)/t7-,8-,9?/m0/s1.